The number of ether oxygens (including phenoxy) is 2. The molecule has 1 aromatic carbocycles. The maximum atomic E-state index is 12.5. The van der Waals surface area contributed by atoms with Crippen molar-refractivity contribution < 1.29 is 18.7 Å². The molecule has 0 saturated heterocycles. The minimum absolute atomic E-state index is 0.179. The Kier molecular flexibility index (Phi) is 3.72. The average molecular weight is 336 g/mol. The molecule has 2 aromatic heterocycles. The highest BCUT2D eigenvalue weighted by atomic mass is 16.6. The lowest BCUT2D eigenvalue weighted by Crippen LogP contribution is -2.06. The summed E-state index contributed by atoms with van der Waals surface area (Å²) in [4.78, 5) is 21.1. The van der Waals surface area contributed by atoms with E-state index in [2.05, 4.69) is 9.97 Å². The van der Waals surface area contributed by atoms with Gasteiger partial charge in [-0.25, -0.2) is 4.79 Å². The van der Waals surface area contributed by atoms with Gasteiger partial charge in [0, 0.05) is 6.42 Å². The van der Waals surface area contributed by atoms with Crippen LogP contribution in [0.1, 0.15) is 33.3 Å². The van der Waals surface area contributed by atoms with Crippen molar-refractivity contribution in [3.05, 3.63) is 65.0 Å². The molecule has 3 heterocycles. The van der Waals surface area contributed by atoms with E-state index in [9.17, 15) is 4.79 Å². The number of furan rings is 1. The number of fused-ring (bicyclic) bond motifs is 1. The molecule has 0 spiro atoms. The maximum Gasteiger partial charge on any atom is 0.343 e. The number of hydrogen-bond acceptors (Lipinski definition) is 6. The van der Waals surface area contributed by atoms with E-state index in [0.29, 0.717) is 29.1 Å². The van der Waals surface area contributed by atoms with E-state index >= 15 is 0 Å². The molecule has 0 aliphatic carbocycles. The van der Waals surface area contributed by atoms with E-state index in [0.717, 1.165) is 11.1 Å². The van der Waals surface area contributed by atoms with Gasteiger partial charge in [-0.15, -0.1) is 0 Å². The normalized spacial score (nSPS) is 15.8. The van der Waals surface area contributed by atoms with Gasteiger partial charge in [-0.05, 0) is 30.2 Å². The van der Waals surface area contributed by atoms with Crippen LogP contribution in [-0.2, 0) is 11.2 Å². The first-order valence-electron chi connectivity index (χ1n) is 7.92. The number of cyclic esters (lactones) is 1. The lowest BCUT2D eigenvalue weighted by Gasteiger charge is -2.12. The van der Waals surface area contributed by atoms with E-state index in [1.54, 1.807) is 12.1 Å². The molecule has 0 fully saturated rings. The third-order valence-corrected chi connectivity index (χ3v) is 4.28. The van der Waals surface area contributed by atoms with Crippen LogP contribution in [0.4, 0.5) is 0 Å². The monoisotopic (exact) mass is 336 g/mol. The van der Waals surface area contributed by atoms with Crippen LogP contribution in [0.3, 0.4) is 0 Å². The highest BCUT2D eigenvalue weighted by molar-refractivity contribution is 5.99. The van der Waals surface area contributed by atoms with Gasteiger partial charge in [0.2, 0.25) is 0 Å². The predicted octanol–water partition coefficient (Wildman–Crippen LogP) is 3.51. The zero-order valence-electron chi connectivity index (χ0n) is 13.9. The van der Waals surface area contributed by atoms with Gasteiger partial charge >= 0.3 is 12.0 Å². The summed E-state index contributed by atoms with van der Waals surface area (Å²) in [6.45, 7) is 2.03. The fourth-order valence-corrected chi connectivity index (χ4v) is 3.00. The molecular formula is C19H16N2O4. The molecule has 1 aliphatic heterocycles. The second kappa shape index (κ2) is 6.05. The number of carbonyl (C=O) groups excluding carboxylic acids is 1. The fourth-order valence-electron chi connectivity index (χ4n) is 3.00. The van der Waals surface area contributed by atoms with Gasteiger partial charge in [0.05, 0.1) is 13.4 Å². The van der Waals surface area contributed by atoms with Crippen molar-refractivity contribution >= 4 is 5.97 Å². The van der Waals surface area contributed by atoms with Gasteiger partial charge < -0.3 is 13.9 Å². The van der Waals surface area contributed by atoms with Gasteiger partial charge in [-0.2, -0.15) is 9.97 Å². The highest BCUT2D eigenvalue weighted by Gasteiger charge is 2.38. The van der Waals surface area contributed by atoms with Crippen LogP contribution in [0, 0.1) is 6.92 Å². The van der Waals surface area contributed by atoms with Crippen LogP contribution in [0.15, 0.2) is 47.1 Å². The number of esters is 1. The first-order chi connectivity index (χ1) is 12.2. The molecule has 1 aliphatic rings. The molecule has 0 N–H and O–H groups in total. The van der Waals surface area contributed by atoms with E-state index < -0.39 is 12.1 Å². The Morgan fingerprint density at radius 2 is 2.00 bits per heavy atom. The highest BCUT2D eigenvalue weighted by Crippen LogP contribution is 2.38. The summed E-state index contributed by atoms with van der Waals surface area (Å²) in [5, 5.41) is 0. The second-order valence-corrected chi connectivity index (χ2v) is 5.82. The van der Waals surface area contributed by atoms with Crippen molar-refractivity contribution in [2.45, 2.75) is 19.4 Å². The van der Waals surface area contributed by atoms with Crippen LogP contribution < -0.4 is 4.74 Å². The average Bonchev–Trinajstić information content (AvgIpc) is 3.25. The molecule has 0 amide bonds. The third kappa shape index (κ3) is 2.65. The fraction of sp³-hybridized carbons (Fsp3) is 0.211. The number of carbonyl (C=O) groups is 1. The van der Waals surface area contributed by atoms with Gasteiger partial charge in [0.1, 0.15) is 23.1 Å². The molecular weight excluding hydrogens is 320 g/mol. The molecule has 4 rings (SSSR count). The Morgan fingerprint density at radius 3 is 2.72 bits per heavy atom. The van der Waals surface area contributed by atoms with Crippen molar-refractivity contribution in [3.63, 3.8) is 0 Å². The summed E-state index contributed by atoms with van der Waals surface area (Å²) in [5.41, 5.74) is 3.51. The SMILES string of the molecule is COc1nc(-c2ccco2)c2c(n1)C(Cc1ccccc1C)OC2=O. The van der Waals surface area contributed by atoms with Gasteiger partial charge in [0.15, 0.2) is 5.76 Å². The molecule has 126 valence electrons. The zero-order valence-corrected chi connectivity index (χ0v) is 13.9. The van der Waals surface area contributed by atoms with Crippen molar-refractivity contribution in [1.82, 2.24) is 9.97 Å². The largest absolute Gasteiger partial charge is 0.467 e. The number of benzene rings is 1. The second-order valence-electron chi connectivity index (χ2n) is 5.82. The van der Waals surface area contributed by atoms with Crippen LogP contribution >= 0.6 is 0 Å². The molecule has 25 heavy (non-hydrogen) atoms. The molecule has 3 aromatic rings. The van der Waals surface area contributed by atoms with Crippen LogP contribution in [0.5, 0.6) is 6.01 Å². The number of nitrogens with zero attached hydrogens (tertiary/aromatic N) is 2. The zero-order chi connectivity index (χ0) is 17.4. The summed E-state index contributed by atoms with van der Waals surface area (Å²) in [6.07, 6.45) is 1.60. The summed E-state index contributed by atoms with van der Waals surface area (Å²) >= 11 is 0. The van der Waals surface area contributed by atoms with Crippen molar-refractivity contribution in [1.29, 1.82) is 0 Å². The van der Waals surface area contributed by atoms with E-state index in [1.807, 2.05) is 31.2 Å². The minimum atomic E-state index is -0.478. The quantitative estimate of drug-likeness (QED) is 0.679. The number of aromatic nitrogens is 2. The molecule has 1 atom stereocenters. The topological polar surface area (TPSA) is 74.5 Å². The summed E-state index contributed by atoms with van der Waals surface area (Å²) in [7, 11) is 1.49. The Hall–Kier alpha value is -3.15. The van der Waals surface area contributed by atoms with Crippen LogP contribution in [-0.4, -0.2) is 23.0 Å². The van der Waals surface area contributed by atoms with E-state index in [-0.39, 0.29) is 6.01 Å². The van der Waals surface area contributed by atoms with Crippen LogP contribution in [0.25, 0.3) is 11.5 Å². The third-order valence-electron chi connectivity index (χ3n) is 4.28. The smallest absolute Gasteiger partial charge is 0.343 e. The number of aryl methyl sites for hydroxylation is 1. The summed E-state index contributed by atoms with van der Waals surface area (Å²) in [5.74, 6) is 0.0353. The van der Waals surface area contributed by atoms with E-state index in [1.165, 1.54) is 13.4 Å². The van der Waals surface area contributed by atoms with Crippen molar-refractivity contribution in [2.24, 2.45) is 0 Å². The minimum Gasteiger partial charge on any atom is -0.467 e. The molecule has 6 heteroatoms. The van der Waals surface area contributed by atoms with Crippen LogP contribution in [0.2, 0.25) is 0 Å². The number of rotatable bonds is 4. The number of hydrogen-bond donors (Lipinski definition) is 0. The Balaban J connectivity index is 1.81. The molecule has 0 radical (unpaired) electrons. The Morgan fingerprint density at radius 1 is 1.16 bits per heavy atom. The van der Waals surface area contributed by atoms with Crippen molar-refractivity contribution in [2.75, 3.05) is 7.11 Å². The first-order valence-corrected chi connectivity index (χ1v) is 7.92. The number of methoxy groups -OCH3 is 1. The summed E-state index contributed by atoms with van der Waals surface area (Å²) < 4.78 is 16.2. The lowest BCUT2D eigenvalue weighted by molar-refractivity contribution is 0.0381. The lowest BCUT2D eigenvalue weighted by atomic mass is 9.99. The molecule has 1 unspecified atom stereocenters. The Bertz CT molecular complexity index is 935. The maximum absolute atomic E-state index is 12.5. The van der Waals surface area contributed by atoms with Gasteiger partial charge in [-0.3, -0.25) is 0 Å². The summed E-state index contributed by atoms with van der Waals surface area (Å²) in [6, 6.07) is 11.7. The van der Waals surface area contributed by atoms with E-state index in [4.69, 9.17) is 13.9 Å². The standard InChI is InChI=1S/C19H16N2O4/c1-11-6-3-4-7-12(11)10-14-17-15(18(22)25-14)16(13-8-5-9-24-13)20-19(21-17)23-2/h3-9,14H,10H2,1-2H3. The van der Waals surface area contributed by atoms with Gasteiger partial charge in [-0.1, -0.05) is 24.3 Å². The Labute approximate surface area is 144 Å². The first kappa shape index (κ1) is 15.4. The van der Waals surface area contributed by atoms with Crippen molar-refractivity contribution in [3.8, 4) is 17.5 Å². The molecule has 0 saturated carbocycles. The molecule has 0 bridgehead atoms. The molecule has 6 nitrogen and oxygen atoms in total. The predicted molar refractivity (Wildman–Crippen MR) is 89.3 cm³/mol. The van der Waals surface area contributed by atoms with Gasteiger partial charge in [0.25, 0.3) is 0 Å².